The van der Waals surface area contributed by atoms with Crippen LogP contribution in [-0.4, -0.2) is 36.1 Å². The summed E-state index contributed by atoms with van der Waals surface area (Å²) in [5, 5.41) is 3.40. The number of nitrogens with zero attached hydrogens (tertiary/aromatic N) is 2. The van der Waals surface area contributed by atoms with Crippen LogP contribution in [0.5, 0.6) is 0 Å². The molecule has 0 amide bonds. The first-order valence-electron chi connectivity index (χ1n) is 5.28. The molecular weight excluding hydrogens is 210 g/mol. The molecular formula is C11H18ClN3. The van der Waals surface area contributed by atoms with Crippen molar-refractivity contribution in [3.05, 3.63) is 30.1 Å². The SMILES string of the molecule is Cl.c1ccc(CN2CCCNCC2)nc1. The molecule has 1 saturated heterocycles. The monoisotopic (exact) mass is 227 g/mol. The number of hydrogen-bond acceptors (Lipinski definition) is 3. The molecule has 4 heteroatoms. The Kier molecular flexibility index (Phi) is 5.61. The van der Waals surface area contributed by atoms with Gasteiger partial charge < -0.3 is 5.32 Å². The molecule has 2 rings (SSSR count). The lowest BCUT2D eigenvalue weighted by Gasteiger charge is -2.18. The Morgan fingerprint density at radius 3 is 3.00 bits per heavy atom. The third-order valence-electron chi connectivity index (χ3n) is 2.54. The molecule has 1 aromatic rings. The fourth-order valence-electron chi connectivity index (χ4n) is 1.78. The molecule has 0 aliphatic carbocycles. The molecule has 0 atom stereocenters. The maximum atomic E-state index is 4.34. The first-order valence-corrected chi connectivity index (χ1v) is 5.28. The fraction of sp³-hybridized carbons (Fsp3) is 0.545. The Morgan fingerprint density at radius 1 is 1.27 bits per heavy atom. The highest BCUT2D eigenvalue weighted by atomic mass is 35.5. The van der Waals surface area contributed by atoms with E-state index in [9.17, 15) is 0 Å². The van der Waals surface area contributed by atoms with Crippen LogP contribution in [0, 0.1) is 0 Å². The molecule has 0 aromatic carbocycles. The second-order valence-electron chi connectivity index (χ2n) is 3.70. The van der Waals surface area contributed by atoms with Gasteiger partial charge in [0.25, 0.3) is 0 Å². The smallest absolute Gasteiger partial charge is 0.0543 e. The van der Waals surface area contributed by atoms with Crippen LogP contribution in [0.2, 0.25) is 0 Å². The van der Waals surface area contributed by atoms with Crippen molar-refractivity contribution in [2.24, 2.45) is 0 Å². The standard InChI is InChI=1S/C11H17N3.ClH/c1-2-6-13-11(4-1)10-14-8-3-5-12-7-9-14;/h1-2,4,6,12H,3,5,7-10H2;1H. The van der Waals surface area contributed by atoms with Crippen LogP contribution in [-0.2, 0) is 6.54 Å². The second-order valence-corrected chi connectivity index (χ2v) is 3.70. The Hall–Kier alpha value is -0.640. The molecule has 2 heterocycles. The van der Waals surface area contributed by atoms with E-state index in [-0.39, 0.29) is 12.4 Å². The van der Waals surface area contributed by atoms with E-state index in [0.717, 1.165) is 26.2 Å². The molecule has 0 saturated carbocycles. The Balaban J connectivity index is 0.00000112. The summed E-state index contributed by atoms with van der Waals surface area (Å²) in [6.07, 6.45) is 3.11. The van der Waals surface area contributed by atoms with Crippen LogP contribution in [0.3, 0.4) is 0 Å². The first kappa shape index (κ1) is 12.4. The van der Waals surface area contributed by atoms with Crippen molar-refractivity contribution in [1.82, 2.24) is 15.2 Å². The highest BCUT2D eigenvalue weighted by Crippen LogP contribution is 2.02. The van der Waals surface area contributed by atoms with Crippen LogP contribution in [0.1, 0.15) is 12.1 Å². The lowest BCUT2D eigenvalue weighted by Crippen LogP contribution is -2.27. The summed E-state index contributed by atoms with van der Waals surface area (Å²) in [5.74, 6) is 0. The molecule has 0 unspecified atom stereocenters. The van der Waals surface area contributed by atoms with Crippen molar-refractivity contribution < 1.29 is 0 Å². The third kappa shape index (κ3) is 4.16. The number of hydrogen-bond donors (Lipinski definition) is 1. The molecule has 1 N–H and O–H groups in total. The summed E-state index contributed by atoms with van der Waals surface area (Å²) >= 11 is 0. The zero-order valence-electron chi connectivity index (χ0n) is 8.85. The minimum absolute atomic E-state index is 0. The molecule has 0 radical (unpaired) electrons. The fourth-order valence-corrected chi connectivity index (χ4v) is 1.78. The van der Waals surface area contributed by atoms with E-state index in [1.807, 2.05) is 12.3 Å². The van der Waals surface area contributed by atoms with E-state index in [1.165, 1.54) is 18.7 Å². The van der Waals surface area contributed by atoms with Gasteiger partial charge in [-0.05, 0) is 31.6 Å². The number of halogens is 1. The molecule has 1 aliphatic rings. The zero-order valence-corrected chi connectivity index (χ0v) is 9.67. The predicted molar refractivity (Wildman–Crippen MR) is 64.2 cm³/mol. The van der Waals surface area contributed by atoms with Gasteiger partial charge in [0.05, 0.1) is 5.69 Å². The summed E-state index contributed by atoms with van der Waals surface area (Å²) in [4.78, 5) is 6.80. The normalized spacial score (nSPS) is 17.9. The summed E-state index contributed by atoms with van der Waals surface area (Å²) in [7, 11) is 0. The summed E-state index contributed by atoms with van der Waals surface area (Å²) in [6.45, 7) is 5.56. The van der Waals surface area contributed by atoms with Crippen molar-refractivity contribution in [3.8, 4) is 0 Å². The molecule has 1 aliphatic heterocycles. The summed E-state index contributed by atoms with van der Waals surface area (Å²) in [5.41, 5.74) is 1.18. The Labute approximate surface area is 97.3 Å². The van der Waals surface area contributed by atoms with Gasteiger partial charge >= 0.3 is 0 Å². The Morgan fingerprint density at radius 2 is 2.20 bits per heavy atom. The van der Waals surface area contributed by atoms with E-state index < -0.39 is 0 Å². The van der Waals surface area contributed by atoms with Crippen LogP contribution in [0.25, 0.3) is 0 Å². The van der Waals surface area contributed by atoms with Gasteiger partial charge in [0.1, 0.15) is 0 Å². The van der Waals surface area contributed by atoms with Crippen molar-refractivity contribution in [2.45, 2.75) is 13.0 Å². The van der Waals surface area contributed by atoms with E-state index in [1.54, 1.807) is 0 Å². The van der Waals surface area contributed by atoms with Crippen molar-refractivity contribution in [1.29, 1.82) is 0 Å². The topological polar surface area (TPSA) is 28.2 Å². The highest BCUT2D eigenvalue weighted by Gasteiger charge is 2.08. The Bertz CT molecular complexity index is 258. The lowest BCUT2D eigenvalue weighted by molar-refractivity contribution is 0.281. The van der Waals surface area contributed by atoms with Gasteiger partial charge in [-0.1, -0.05) is 6.07 Å². The minimum Gasteiger partial charge on any atom is -0.315 e. The molecule has 1 fully saturated rings. The van der Waals surface area contributed by atoms with Crippen LogP contribution >= 0.6 is 12.4 Å². The summed E-state index contributed by atoms with van der Waals surface area (Å²) in [6, 6.07) is 6.12. The maximum Gasteiger partial charge on any atom is 0.0543 e. The molecule has 3 nitrogen and oxygen atoms in total. The van der Waals surface area contributed by atoms with Gasteiger partial charge in [0.15, 0.2) is 0 Å². The summed E-state index contributed by atoms with van der Waals surface area (Å²) < 4.78 is 0. The number of pyridine rings is 1. The van der Waals surface area contributed by atoms with Gasteiger partial charge in [-0.15, -0.1) is 12.4 Å². The average molecular weight is 228 g/mol. The van der Waals surface area contributed by atoms with Crippen molar-refractivity contribution in [2.75, 3.05) is 26.2 Å². The van der Waals surface area contributed by atoms with Crippen molar-refractivity contribution >= 4 is 12.4 Å². The molecule has 84 valence electrons. The average Bonchev–Trinajstić information content (AvgIpc) is 2.48. The van der Waals surface area contributed by atoms with Crippen LogP contribution in [0.15, 0.2) is 24.4 Å². The first-order chi connectivity index (χ1) is 6.95. The largest absolute Gasteiger partial charge is 0.315 e. The third-order valence-corrected chi connectivity index (χ3v) is 2.54. The van der Waals surface area contributed by atoms with Gasteiger partial charge in [0, 0.05) is 25.8 Å². The highest BCUT2D eigenvalue weighted by molar-refractivity contribution is 5.85. The molecule has 0 spiro atoms. The number of nitrogens with one attached hydrogen (secondary N) is 1. The van der Waals surface area contributed by atoms with Crippen molar-refractivity contribution in [3.63, 3.8) is 0 Å². The van der Waals surface area contributed by atoms with Gasteiger partial charge in [0.2, 0.25) is 0 Å². The second kappa shape index (κ2) is 6.77. The van der Waals surface area contributed by atoms with Crippen LogP contribution in [0.4, 0.5) is 0 Å². The molecule has 1 aromatic heterocycles. The quantitative estimate of drug-likeness (QED) is 0.826. The van der Waals surface area contributed by atoms with Gasteiger partial charge in [-0.3, -0.25) is 9.88 Å². The van der Waals surface area contributed by atoms with E-state index in [0.29, 0.717) is 0 Å². The predicted octanol–water partition coefficient (Wildman–Crippen LogP) is 1.30. The lowest BCUT2D eigenvalue weighted by atomic mass is 10.3. The van der Waals surface area contributed by atoms with E-state index in [4.69, 9.17) is 0 Å². The molecule has 0 bridgehead atoms. The number of rotatable bonds is 2. The zero-order chi connectivity index (χ0) is 9.64. The maximum absolute atomic E-state index is 4.34. The van der Waals surface area contributed by atoms with Gasteiger partial charge in [-0.2, -0.15) is 0 Å². The van der Waals surface area contributed by atoms with Gasteiger partial charge in [-0.25, -0.2) is 0 Å². The minimum atomic E-state index is 0. The molecule has 15 heavy (non-hydrogen) atoms. The van der Waals surface area contributed by atoms with E-state index >= 15 is 0 Å². The number of aromatic nitrogens is 1. The van der Waals surface area contributed by atoms with Crippen LogP contribution < -0.4 is 5.32 Å². The van der Waals surface area contributed by atoms with E-state index in [2.05, 4.69) is 27.3 Å².